The third-order valence-corrected chi connectivity index (χ3v) is 4.44. The molecule has 0 aromatic heterocycles. The molecule has 1 aliphatic heterocycles. The van der Waals surface area contributed by atoms with Crippen LogP contribution in [0.15, 0.2) is 60.4 Å². The van der Waals surface area contributed by atoms with Gasteiger partial charge in [0.2, 0.25) is 0 Å². The average Bonchev–Trinajstić information content (AvgIpc) is 2.93. The SMILES string of the molecule is O=C(O)/C=C1/CCC(c2ccc(Cl)cc2)(c2ccc(Cl)cc2)O1. The smallest absolute Gasteiger partial charge is 0.331 e. The van der Waals surface area contributed by atoms with Crippen molar-refractivity contribution < 1.29 is 14.6 Å². The molecule has 1 saturated heterocycles. The number of benzene rings is 2. The van der Waals surface area contributed by atoms with Gasteiger partial charge in [-0.3, -0.25) is 0 Å². The lowest BCUT2D eigenvalue weighted by atomic mass is 9.84. The van der Waals surface area contributed by atoms with Crippen LogP contribution in [0.4, 0.5) is 0 Å². The summed E-state index contributed by atoms with van der Waals surface area (Å²) >= 11 is 12.0. The van der Waals surface area contributed by atoms with Gasteiger partial charge in [0.1, 0.15) is 5.76 Å². The van der Waals surface area contributed by atoms with Gasteiger partial charge >= 0.3 is 5.97 Å². The molecule has 0 unspecified atom stereocenters. The minimum Gasteiger partial charge on any atom is -0.482 e. The molecule has 0 spiro atoms. The number of carboxylic acid groups (broad SMARTS) is 1. The summed E-state index contributed by atoms with van der Waals surface area (Å²) in [6, 6.07) is 14.8. The van der Waals surface area contributed by atoms with Crippen LogP contribution in [0.1, 0.15) is 24.0 Å². The molecule has 0 radical (unpaired) electrons. The Kier molecular flexibility index (Phi) is 4.33. The quantitative estimate of drug-likeness (QED) is 0.792. The predicted molar refractivity (Wildman–Crippen MR) is 89.7 cm³/mol. The van der Waals surface area contributed by atoms with Gasteiger partial charge in [0.15, 0.2) is 5.60 Å². The Hall–Kier alpha value is -1.97. The fourth-order valence-corrected chi connectivity index (χ4v) is 3.13. The van der Waals surface area contributed by atoms with Gasteiger partial charge in [-0.25, -0.2) is 4.79 Å². The maximum Gasteiger partial charge on any atom is 0.331 e. The minimum absolute atomic E-state index is 0.461. The normalized spacial score (nSPS) is 17.9. The molecule has 1 fully saturated rings. The molecule has 0 bridgehead atoms. The number of carbonyl (C=O) groups is 1. The standard InChI is InChI=1S/C18H14Cl2O3/c19-14-5-1-12(2-6-14)18(13-3-7-15(20)8-4-13)10-9-16(23-18)11-17(21)22/h1-8,11H,9-10H2,(H,21,22)/b16-11-. The third kappa shape index (κ3) is 3.21. The fraction of sp³-hybridized carbons (Fsp3) is 0.167. The summed E-state index contributed by atoms with van der Waals surface area (Å²) in [7, 11) is 0. The Morgan fingerprint density at radius 1 is 1.00 bits per heavy atom. The molecule has 1 heterocycles. The van der Waals surface area contributed by atoms with Gasteiger partial charge in [-0.15, -0.1) is 0 Å². The predicted octanol–water partition coefficient (Wildman–Crippen LogP) is 5.02. The first-order valence-electron chi connectivity index (χ1n) is 7.14. The van der Waals surface area contributed by atoms with Crippen LogP contribution < -0.4 is 0 Å². The van der Waals surface area contributed by atoms with Gasteiger partial charge in [-0.2, -0.15) is 0 Å². The third-order valence-electron chi connectivity index (χ3n) is 3.93. The molecule has 0 atom stereocenters. The van der Waals surface area contributed by atoms with Crippen molar-refractivity contribution in [2.45, 2.75) is 18.4 Å². The first kappa shape index (κ1) is 15.9. The van der Waals surface area contributed by atoms with E-state index in [0.717, 1.165) is 17.2 Å². The van der Waals surface area contributed by atoms with Crippen LogP contribution in [0.2, 0.25) is 10.0 Å². The number of halogens is 2. The second-order valence-electron chi connectivity index (χ2n) is 5.39. The van der Waals surface area contributed by atoms with Crippen molar-refractivity contribution in [2.24, 2.45) is 0 Å². The lowest BCUT2D eigenvalue weighted by Crippen LogP contribution is -2.26. The van der Waals surface area contributed by atoms with E-state index in [1.807, 2.05) is 24.3 Å². The van der Waals surface area contributed by atoms with Crippen molar-refractivity contribution in [1.29, 1.82) is 0 Å². The van der Waals surface area contributed by atoms with Crippen LogP contribution in [0.3, 0.4) is 0 Å². The highest BCUT2D eigenvalue weighted by molar-refractivity contribution is 6.30. The van der Waals surface area contributed by atoms with Gasteiger partial charge in [0.05, 0.1) is 6.08 Å². The summed E-state index contributed by atoms with van der Waals surface area (Å²) in [6.45, 7) is 0. The summed E-state index contributed by atoms with van der Waals surface area (Å²) in [6.07, 6.45) is 2.32. The highest BCUT2D eigenvalue weighted by Crippen LogP contribution is 2.46. The van der Waals surface area contributed by atoms with E-state index in [1.165, 1.54) is 0 Å². The molecule has 0 saturated carbocycles. The second-order valence-corrected chi connectivity index (χ2v) is 6.26. The van der Waals surface area contributed by atoms with Crippen LogP contribution >= 0.6 is 23.2 Å². The summed E-state index contributed by atoms with van der Waals surface area (Å²) in [5.41, 5.74) is 1.13. The number of ether oxygens (including phenoxy) is 1. The van der Waals surface area contributed by atoms with E-state index in [-0.39, 0.29) is 0 Å². The fourth-order valence-electron chi connectivity index (χ4n) is 2.88. The van der Waals surface area contributed by atoms with Gasteiger partial charge in [-0.1, -0.05) is 47.5 Å². The minimum atomic E-state index is -1.01. The monoisotopic (exact) mass is 348 g/mol. The number of allylic oxidation sites excluding steroid dienone is 1. The van der Waals surface area contributed by atoms with E-state index in [4.69, 9.17) is 33.0 Å². The lowest BCUT2D eigenvalue weighted by Gasteiger charge is -2.30. The topological polar surface area (TPSA) is 46.5 Å². The number of carboxylic acids is 1. The van der Waals surface area contributed by atoms with Crippen molar-refractivity contribution in [1.82, 2.24) is 0 Å². The van der Waals surface area contributed by atoms with Gasteiger partial charge in [0, 0.05) is 34.0 Å². The molecular weight excluding hydrogens is 335 g/mol. The van der Waals surface area contributed by atoms with Crippen LogP contribution in [0.5, 0.6) is 0 Å². The van der Waals surface area contributed by atoms with Gasteiger partial charge < -0.3 is 9.84 Å². The van der Waals surface area contributed by atoms with E-state index in [1.54, 1.807) is 24.3 Å². The molecule has 5 heteroatoms. The Morgan fingerprint density at radius 3 is 1.91 bits per heavy atom. The number of hydrogen-bond donors (Lipinski definition) is 1. The molecule has 118 valence electrons. The van der Waals surface area contributed by atoms with Crippen molar-refractivity contribution in [3.63, 3.8) is 0 Å². The van der Waals surface area contributed by atoms with Crippen LogP contribution in [0, 0.1) is 0 Å². The molecule has 2 aromatic rings. The number of hydrogen-bond acceptors (Lipinski definition) is 2. The van der Waals surface area contributed by atoms with Gasteiger partial charge in [0.25, 0.3) is 0 Å². The first-order chi connectivity index (χ1) is 11.0. The van der Waals surface area contributed by atoms with E-state index < -0.39 is 11.6 Å². The zero-order valence-electron chi connectivity index (χ0n) is 12.1. The zero-order valence-corrected chi connectivity index (χ0v) is 13.6. The average molecular weight is 349 g/mol. The molecular formula is C18H14Cl2O3. The molecule has 0 aliphatic carbocycles. The highest BCUT2D eigenvalue weighted by atomic mass is 35.5. The van der Waals surface area contributed by atoms with Crippen molar-refractivity contribution >= 4 is 29.2 Å². The Labute approximate surface area is 144 Å². The van der Waals surface area contributed by atoms with E-state index in [9.17, 15) is 4.79 Å². The summed E-state index contributed by atoms with van der Waals surface area (Å²) in [5.74, 6) is -0.551. The maximum absolute atomic E-state index is 10.9. The Bertz CT molecular complexity index is 703. The van der Waals surface area contributed by atoms with E-state index in [0.29, 0.717) is 28.6 Å². The zero-order chi connectivity index (χ0) is 16.4. The van der Waals surface area contributed by atoms with Gasteiger partial charge in [-0.05, 0) is 24.3 Å². The molecule has 1 N–H and O–H groups in total. The molecule has 3 nitrogen and oxygen atoms in total. The van der Waals surface area contributed by atoms with Crippen LogP contribution in [0.25, 0.3) is 0 Å². The summed E-state index contributed by atoms with van der Waals surface area (Å²) in [5, 5.41) is 10.2. The largest absolute Gasteiger partial charge is 0.482 e. The lowest BCUT2D eigenvalue weighted by molar-refractivity contribution is -0.131. The van der Waals surface area contributed by atoms with Crippen molar-refractivity contribution in [3.8, 4) is 0 Å². The Morgan fingerprint density at radius 2 is 1.48 bits per heavy atom. The molecule has 1 aliphatic rings. The Balaban J connectivity index is 2.09. The number of rotatable bonds is 3. The molecule has 2 aromatic carbocycles. The maximum atomic E-state index is 10.9. The summed E-state index contributed by atoms with van der Waals surface area (Å²) in [4.78, 5) is 10.9. The first-order valence-corrected chi connectivity index (χ1v) is 7.90. The molecule has 3 rings (SSSR count). The highest BCUT2D eigenvalue weighted by Gasteiger charge is 2.42. The number of aliphatic carboxylic acids is 1. The van der Waals surface area contributed by atoms with E-state index in [2.05, 4.69) is 0 Å². The van der Waals surface area contributed by atoms with Crippen molar-refractivity contribution in [3.05, 3.63) is 81.5 Å². The second kappa shape index (κ2) is 6.26. The van der Waals surface area contributed by atoms with Crippen molar-refractivity contribution in [2.75, 3.05) is 0 Å². The van der Waals surface area contributed by atoms with Crippen LogP contribution in [-0.2, 0) is 15.1 Å². The molecule has 0 amide bonds. The summed E-state index contributed by atoms with van der Waals surface area (Å²) < 4.78 is 6.11. The van der Waals surface area contributed by atoms with Crippen LogP contribution in [-0.4, -0.2) is 11.1 Å². The molecule has 23 heavy (non-hydrogen) atoms. The van der Waals surface area contributed by atoms with E-state index >= 15 is 0 Å².